The largest absolute Gasteiger partial charge is 0.354 e. The number of rotatable bonds is 9. The van der Waals surface area contributed by atoms with Crippen LogP contribution in [0.3, 0.4) is 0 Å². The number of likely N-dealkylation sites (N-methyl/N-ethyl adjacent to an activating group) is 1. The smallest absolute Gasteiger partial charge is 0.238 e. The first-order valence-corrected chi connectivity index (χ1v) is 11.3. The van der Waals surface area contributed by atoms with E-state index in [0.717, 1.165) is 18.7 Å². The monoisotopic (exact) mass is 417 g/mol. The Balaban J connectivity index is 2.03. The third-order valence-electron chi connectivity index (χ3n) is 4.81. The van der Waals surface area contributed by atoms with Crippen molar-refractivity contribution < 1.29 is 8.42 Å². The van der Waals surface area contributed by atoms with Gasteiger partial charge in [0.2, 0.25) is 10.0 Å². The van der Waals surface area contributed by atoms with E-state index in [2.05, 4.69) is 58.6 Å². The Morgan fingerprint density at radius 3 is 2.34 bits per heavy atom. The van der Waals surface area contributed by atoms with E-state index in [1.807, 2.05) is 12.1 Å². The molecule has 0 heterocycles. The van der Waals surface area contributed by atoms with Crippen LogP contribution in [0, 0.1) is 0 Å². The van der Waals surface area contributed by atoms with Gasteiger partial charge in [-0.15, -0.1) is 0 Å². The second-order valence-electron chi connectivity index (χ2n) is 6.65. The number of guanidine groups is 1. The van der Waals surface area contributed by atoms with Gasteiger partial charge in [-0.05, 0) is 36.3 Å². The highest BCUT2D eigenvalue weighted by Gasteiger charge is 2.18. The van der Waals surface area contributed by atoms with Crippen molar-refractivity contribution >= 4 is 16.0 Å². The van der Waals surface area contributed by atoms with E-state index in [1.54, 1.807) is 19.2 Å². The van der Waals surface area contributed by atoms with Crippen molar-refractivity contribution in [3.8, 4) is 0 Å². The third kappa shape index (κ3) is 6.85. The van der Waals surface area contributed by atoms with Gasteiger partial charge in [-0.1, -0.05) is 56.3 Å². The van der Waals surface area contributed by atoms with Gasteiger partial charge in [-0.3, -0.25) is 9.89 Å². The van der Waals surface area contributed by atoms with Crippen LogP contribution in [0.15, 0.2) is 64.5 Å². The Hall–Kier alpha value is -2.42. The molecule has 0 aliphatic rings. The molecule has 8 heteroatoms. The predicted molar refractivity (Wildman–Crippen MR) is 118 cm³/mol. The van der Waals surface area contributed by atoms with Crippen LogP contribution < -0.4 is 15.8 Å². The molecule has 0 amide bonds. The summed E-state index contributed by atoms with van der Waals surface area (Å²) in [4.78, 5) is 6.78. The average molecular weight is 418 g/mol. The molecule has 0 fully saturated rings. The van der Waals surface area contributed by atoms with E-state index < -0.39 is 10.0 Å². The third-order valence-corrected chi connectivity index (χ3v) is 5.72. The quantitative estimate of drug-likeness (QED) is 0.428. The summed E-state index contributed by atoms with van der Waals surface area (Å²) in [6, 6.07) is 17.2. The van der Waals surface area contributed by atoms with E-state index in [-0.39, 0.29) is 10.9 Å². The lowest BCUT2D eigenvalue weighted by Gasteiger charge is -2.30. The lowest BCUT2D eigenvalue weighted by molar-refractivity contribution is 0.219. The number of aliphatic imine (C=N–C) groups is 1. The van der Waals surface area contributed by atoms with Gasteiger partial charge >= 0.3 is 0 Å². The molecular weight excluding hydrogens is 386 g/mol. The van der Waals surface area contributed by atoms with Gasteiger partial charge in [0.15, 0.2) is 5.96 Å². The van der Waals surface area contributed by atoms with Crippen LogP contribution in [0.5, 0.6) is 0 Å². The second kappa shape index (κ2) is 10.9. The summed E-state index contributed by atoms with van der Waals surface area (Å²) < 4.78 is 23.1. The zero-order valence-corrected chi connectivity index (χ0v) is 18.1. The molecule has 1 atom stereocenters. The predicted octanol–water partition coefficient (Wildman–Crippen LogP) is 2.08. The molecule has 0 saturated carbocycles. The highest BCUT2D eigenvalue weighted by molar-refractivity contribution is 7.89. The van der Waals surface area contributed by atoms with Gasteiger partial charge in [-0.25, -0.2) is 13.6 Å². The maximum absolute atomic E-state index is 11.5. The van der Waals surface area contributed by atoms with Crippen molar-refractivity contribution in [1.29, 1.82) is 0 Å². The van der Waals surface area contributed by atoms with E-state index in [9.17, 15) is 8.42 Å². The molecule has 0 aliphatic heterocycles. The number of benzene rings is 2. The van der Waals surface area contributed by atoms with Gasteiger partial charge in [0, 0.05) is 20.1 Å². The highest BCUT2D eigenvalue weighted by atomic mass is 32.2. The number of nitrogens with two attached hydrogens (primary N) is 1. The van der Waals surface area contributed by atoms with E-state index in [0.29, 0.717) is 19.0 Å². The van der Waals surface area contributed by atoms with Gasteiger partial charge in [0.05, 0.1) is 10.9 Å². The van der Waals surface area contributed by atoms with Crippen molar-refractivity contribution in [3.63, 3.8) is 0 Å². The van der Waals surface area contributed by atoms with E-state index >= 15 is 0 Å². The molecular formula is C21H31N5O2S. The molecule has 29 heavy (non-hydrogen) atoms. The van der Waals surface area contributed by atoms with E-state index in [4.69, 9.17) is 5.14 Å². The second-order valence-corrected chi connectivity index (χ2v) is 8.21. The lowest BCUT2D eigenvalue weighted by Crippen LogP contribution is -2.43. The fraction of sp³-hybridized carbons (Fsp3) is 0.381. The summed E-state index contributed by atoms with van der Waals surface area (Å²) in [5, 5.41) is 11.8. The Morgan fingerprint density at radius 2 is 1.76 bits per heavy atom. The van der Waals surface area contributed by atoms with Crippen molar-refractivity contribution in [2.45, 2.75) is 31.3 Å². The van der Waals surface area contributed by atoms with Gasteiger partial charge < -0.3 is 10.6 Å². The van der Waals surface area contributed by atoms with Crippen molar-refractivity contribution in [3.05, 3.63) is 65.7 Å². The van der Waals surface area contributed by atoms with Crippen LogP contribution in [0.1, 0.15) is 31.0 Å². The van der Waals surface area contributed by atoms with Crippen molar-refractivity contribution in [2.24, 2.45) is 10.1 Å². The molecule has 0 spiro atoms. The Morgan fingerprint density at radius 1 is 1.07 bits per heavy atom. The molecule has 1 unspecified atom stereocenters. The van der Waals surface area contributed by atoms with Crippen LogP contribution in [-0.4, -0.2) is 46.0 Å². The van der Waals surface area contributed by atoms with Gasteiger partial charge in [-0.2, -0.15) is 0 Å². The Kier molecular flexibility index (Phi) is 8.63. The SMILES string of the molecule is CCN(CC)C(CNC(=NC)NCc1cccc(S(N)(=O)=O)c1)c1ccccc1. The Bertz CT molecular complexity index is 896. The summed E-state index contributed by atoms with van der Waals surface area (Å²) in [7, 11) is -2.00. The Labute approximate surface area is 174 Å². The summed E-state index contributed by atoms with van der Waals surface area (Å²) in [5.41, 5.74) is 2.06. The fourth-order valence-corrected chi connectivity index (χ4v) is 3.81. The van der Waals surface area contributed by atoms with Crippen molar-refractivity contribution in [2.75, 3.05) is 26.7 Å². The first-order valence-electron chi connectivity index (χ1n) is 9.74. The number of hydrogen-bond donors (Lipinski definition) is 3. The molecule has 0 bridgehead atoms. The first-order chi connectivity index (χ1) is 13.9. The number of hydrogen-bond acceptors (Lipinski definition) is 4. The molecule has 4 N–H and O–H groups in total. The van der Waals surface area contributed by atoms with E-state index in [1.165, 1.54) is 11.6 Å². The maximum atomic E-state index is 11.5. The molecule has 0 saturated heterocycles. The summed E-state index contributed by atoms with van der Waals surface area (Å²) >= 11 is 0. The van der Waals surface area contributed by atoms with Crippen LogP contribution >= 0.6 is 0 Å². The first kappa shape index (κ1) is 22.9. The number of primary sulfonamides is 1. The zero-order chi connectivity index (χ0) is 21.3. The molecule has 0 aliphatic carbocycles. The van der Waals surface area contributed by atoms with Crippen LogP contribution in [0.25, 0.3) is 0 Å². The molecule has 2 aromatic carbocycles. The van der Waals surface area contributed by atoms with Gasteiger partial charge in [0.1, 0.15) is 0 Å². The minimum Gasteiger partial charge on any atom is -0.354 e. The van der Waals surface area contributed by atoms with Crippen LogP contribution in [0.4, 0.5) is 0 Å². The number of nitrogens with one attached hydrogen (secondary N) is 2. The molecule has 2 aromatic rings. The highest BCUT2D eigenvalue weighted by Crippen LogP contribution is 2.19. The average Bonchev–Trinajstić information content (AvgIpc) is 2.73. The number of nitrogens with zero attached hydrogens (tertiary/aromatic N) is 2. The normalized spacial score (nSPS) is 13.3. The maximum Gasteiger partial charge on any atom is 0.238 e. The van der Waals surface area contributed by atoms with Crippen molar-refractivity contribution in [1.82, 2.24) is 15.5 Å². The molecule has 7 nitrogen and oxygen atoms in total. The lowest BCUT2D eigenvalue weighted by atomic mass is 10.1. The molecule has 2 rings (SSSR count). The topological polar surface area (TPSA) is 99.8 Å². The van der Waals surface area contributed by atoms with Crippen LogP contribution in [0.2, 0.25) is 0 Å². The fourth-order valence-electron chi connectivity index (χ4n) is 3.23. The molecule has 158 valence electrons. The molecule has 0 radical (unpaired) electrons. The zero-order valence-electron chi connectivity index (χ0n) is 17.3. The minimum absolute atomic E-state index is 0.102. The van der Waals surface area contributed by atoms with Crippen LogP contribution in [-0.2, 0) is 16.6 Å². The summed E-state index contributed by atoms with van der Waals surface area (Å²) in [6.45, 7) is 7.34. The number of sulfonamides is 1. The summed E-state index contributed by atoms with van der Waals surface area (Å²) in [5.74, 6) is 0.652. The standard InChI is InChI=1S/C21H31N5O2S/c1-4-26(5-2)20(18-11-7-6-8-12-18)16-25-21(23-3)24-15-17-10-9-13-19(14-17)29(22,27)28/h6-14,20H,4-5,15-16H2,1-3H3,(H2,22,27,28)(H2,23,24,25). The molecule has 0 aromatic heterocycles. The van der Waals surface area contributed by atoms with Gasteiger partial charge in [0.25, 0.3) is 0 Å². The summed E-state index contributed by atoms with van der Waals surface area (Å²) in [6.07, 6.45) is 0. The minimum atomic E-state index is -3.72.